The van der Waals surface area contributed by atoms with Gasteiger partial charge in [0.25, 0.3) is 11.8 Å². The first kappa shape index (κ1) is 19.7. The molecule has 2 aliphatic rings. The molecule has 0 radical (unpaired) electrons. The number of oxazole rings is 1. The van der Waals surface area contributed by atoms with E-state index in [0.717, 1.165) is 37.1 Å². The average molecular weight is 429 g/mol. The van der Waals surface area contributed by atoms with Crippen LogP contribution in [0.25, 0.3) is 11.6 Å². The second-order valence-corrected chi connectivity index (χ2v) is 7.74. The zero-order valence-corrected chi connectivity index (χ0v) is 17.0. The Morgan fingerprint density at radius 1 is 1.06 bits per heavy atom. The first-order chi connectivity index (χ1) is 15.5. The Hall–Kier alpha value is -4.20. The van der Waals surface area contributed by atoms with E-state index in [2.05, 4.69) is 15.6 Å². The second-order valence-electron chi connectivity index (χ2n) is 7.74. The minimum absolute atomic E-state index is 0.103. The van der Waals surface area contributed by atoms with Crippen molar-refractivity contribution in [3.05, 3.63) is 76.5 Å². The molecule has 3 N–H and O–H groups in total. The van der Waals surface area contributed by atoms with Crippen molar-refractivity contribution in [3.8, 4) is 0 Å². The summed E-state index contributed by atoms with van der Waals surface area (Å²) in [5, 5.41) is 14.6. The molecule has 0 saturated heterocycles. The van der Waals surface area contributed by atoms with E-state index >= 15 is 0 Å². The molecule has 2 amide bonds. The standard InChI is InChI=1S/C24H19N3O5/c28-22(13-5-7-14(8-6-13)24(30)31)25-15-9-10-18-16(11-15)17(23(29)27-18)12-21-26-19-3-1-2-4-20(19)32-21/h5-12H,1-4H2,(H,25,28)(H,27,29)(H,30,31). The van der Waals surface area contributed by atoms with Crippen molar-refractivity contribution < 1.29 is 23.9 Å². The van der Waals surface area contributed by atoms with E-state index in [0.29, 0.717) is 34.0 Å². The summed E-state index contributed by atoms with van der Waals surface area (Å²) in [6, 6.07) is 10.8. The molecule has 160 valence electrons. The molecule has 5 rings (SSSR count). The van der Waals surface area contributed by atoms with E-state index in [1.807, 2.05) is 0 Å². The zero-order chi connectivity index (χ0) is 22.2. The van der Waals surface area contributed by atoms with Gasteiger partial charge in [-0.1, -0.05) is 0 Å². The highest BCUT2D eigenvalue weighted by Gasteiger charge is 2.26. The number of rotatable bonds is 4. The number of aromatic carboxylic acids is 1. The van der Waals surface area contributed by atoms with Gasteiger partial charge in [-0.15, -0.1) is 0 Å². The van der Waals surface area contributed by atoms with E-state index in [4.69, 9.17) is 9.52 Å². The van der Waals surface area contributed by atoms with Gasteiger partial charge in [-0.2, -0.15) is 0 Å². The molecular weight excluding hydrogens is 410 g/mol. The number of aryl methyl sites for hydroxylation is 2. The van der Waals surface area contributed by atoms with Crippen molar-refractivity contribution in [2.75, 3.05) is 10.6 Å². The smallest absolute Gasteiger partial charge is 0.335 e. The van der Waals surface area contributed by atoms with Gasteiger partial charge in [-0.3, -0.25) is 9.59 Å². The lowest BCUT2D eigenvalue weighted by Gasteiger charge is -2.07. The van der Waals surface area contributed by atoms with Gasteiger partial charge in [0.05, 0.1) is 16.8 Å². The van der Waals surface area contributed by atoms with E-state index in [1.54, 1.807) is 24.3 Å². The summed E-state index contributed by atoms with van der Waals surface area (Å²) in [4.78, 5) is 40.6. The molecule has 0 bridgehead atoms. The summed E-state index contributed by atoms with van der Waals surface area (Å²) in [6.45, 7) is 0. The van der Waals surface area contributed by atoms with Crippen LogP contribution in [0.1, 0.15) is 56.5 Å². The first-order valence-electron chi connectivity index (χ1n) is 10.3. The zero-order valence-electron chi connectivity index (χ0n) is 17.0. The molecule has 3 aromatic rings. The van der Waals surface area contributed by atoms with Crippen LogP contribution in [0.3, 0.4) is 0 Å². The largest absolute Gasteiger partial charge is 0.478 e. The van der Waals surface area contributed by atoms with Crippen molar-refractivity contribution in [1.82, 2.24) is 4.98 Å². The first-order valence-corrected chi connectivity index (χ1v) is 10.3. The number of carboxylic acid groups (broad SMARTS) is 1. The van der Waals surface area contributed by atoms with Crippen LogP contribution < -0.4 is 10.6 Å². The van der Waals surface area contributed by atoms with Crippen LogP contribution in [0, 0.1) is 0 Å². The third-order valence-corrected chi connectivity index (χ3v) is 5.58. The van der Waals surface area contributed by atoms with Gasteiger partial charge < -0.3 is 20.2 Å². The molecule has 2 heterocycles. The number of nitrogens with zero attached hydrogens (tertiary/aromatic N) is 1. The maximum atomic E-state index is 12.6. The quantitative estimate of drug-likeness (QED) is 0.539. The van der Waals surface area contributed by atoms with Gasteiger partial charge in [0.1, 0.15) is 5.76 Å². The van der Waals surface area contributed by atoms with Crippen LogP contribution in [0.4, 0.5) is 11.4 Å². The van der Waals surface area contributed by atoms with Crippen LogP contribution >= 0.6 is 0 Å². The van der Waals surface area contributed by atoms with Gasteiger partial charge in [-0.05, 0) is 61.7 Å². The SMILES string of the molecule is O=C1Nc2ccc(NC(=O)c3ccc(C(=O)O)cc3)cc2C1=Cc1nc2c(o1)CCCC2. The summed E-state index contributed by atoms with van der Waals surface area (Å²) in [6.07, 6.45) is 5.53. The number of hydrogen-bond donors (Lipinski definition) is 3. The predicted octanol–water partition coefficient (Wildman–Crippen LogP) is 4.00. The second kappa shape index (κ2) is 7.81. The molecular formula is C24H19N3O5. The predicted molar refractivity (Wildman–Crippen MR) is 117 cm³/mol. The van der Waals surface area contributed by atoms with Crippen LogP contribution in [-0.4, -0.2) is 27.9 Å². The Morgan fingerprint density at radius 2 is 1.81 bits per heavy atom. The highest BCUT2D eigenvalue weighted by Crippen LogP contribution is 2.35. The summed E-state index contributed by atoms with van der Waals surface area (Å²) in [5.41, 5.74) is 3.59. The maximum absolute atomic E-state index is 12.6. The summed E-state index contributed by atoms with van der Waals surface area (Å²) >= 11 is 0. The van der Waals surface area contributed by atoms with Crippen molar-refractivity contribution in [2.45, 2.75) is 25.7 Å². The molecule has 1 aliphatic carbocycles. The highest BCUT2D eigenvalue weighted by atomic mass is 16.4. The number of carbonyl (C=O) groups is 3. The van der Waals surface area contributed by atoms with E-state index in [1.165, 1.54) is 24.3 Å². The normalized spacial score (nSPS) is 15.8. The van der Waals surface area contributed by atoms with Crippen molar-refractivity contribution >= 4 is 40.8 Å². The molecule has 0 unspecified atom stereocenters. The average Bonchev–Trinajstić information content (AvgIpc) is 3.34. The highest BCUT2D eigenvalue weighted by molar-refractivity contribution is 6.35. The van der Waals surface area contributed by atoms with E-state index in [-0.39, 0.29) is 17.4 Å². The number of nitrogens with one attached hydrogen (secondary N) is 2. The summed E-state index contributed by atoms with van der Waals surface area (Å²) < 4.78 is 5.83. The summed E-state index contributed by atoms with van der Waals surface area (Å²) in [5.74, 6) is -0.410. The van der Waals surface area contributed by atoms with Crippen molar-refractivity contribution in [1.29, 1.82) is 0 Å². The van der Waals surface area contributed by atoms with Crippen LogP contribution in [0.5, 0.6) is 0 Å². The topological polar surface area (TPSA) is 122 Å². The molecule has 8 nitrogen and oxygen atoms in total. The minimum atomic E-state index is -1.06. The number of amides is 2. The Bertz CT molecular complexity index is 1260. The van der Waals surface area contributed by atoms with Gasteiger partial charge >= 0.3 is 5.97 Å². The lowest BCUT2D eigenvalue weighted by molar-refractivity contribution is -0.110. The van der Waals surface area contributed by atoms with Crippen molar-refractivity contribution in [2.24, 2.45) is 0 Å². The molecule has 2 aromatic carbocycles. The van der Waals surface area contributed by atoms with Crippen molar-refractivity contribution in [3.63, 3.8) is 0 Å². The van der Waals surface area contributed by atoms with Gasteiger partial charge in [-0.25, -0.2) is 9.78 Å². The number of carbonyl (C=O) groups excluding carboxylic acids is 2. The van der Waals surface area contributed by atoms with Crippen LogP contribution in [0.15, 0.2) is 46.9 Å². The number of hydrogen-bond acceptors (Lipinski definition) is 5. The van der Waals surface area contributed by atoms with Gasteiger partial charge in [0, 0.05) is 35.0 Å². The van der Waals surface area contributed by atoms with Gasteiger partial charge in [0.2, 0.25) is 5.89 Å². The third-order valence-electron chi connectivity index (χ3n) is 5.58. The Morgan fingerprint density at radius 3 is 2.56 bits per heavy atom. The molecule has 1 aliphatic heterocycles. The number of benzene rings is 2. The fourth-order valence-electron chi connectivity index (χ4n) is 3.93. The third kappa shape index (κ3) is 3.66. The fraction of sp³-hybridized carbons (Fsp3) is 0.167. The molecule has 1 aromatic heterocycles. The lowest BCUT2D eigenvalue weighted by atomic mass is 10.0. The minimum Gasteiger partial charge on any atom is -0.478 e. The number of fused-ring (bicyclic) bond motifs is 2. The summed E-state index contributed by atoms with van der Waals surface area (Å²) in [7, 11) is 0. The van der Waals surface area contributed by atoms with Gasteiger partial charge in [0.15, 0.2) is 0 Å². The fourth-order valence-corrected chi connectivity index (χ4v) is 3.93. The maximum Gasteiger partial charge on any atom is 0.335 e. The Labute approximate surface area is 183 Å². The Balaban J connectivity index is 1.40. The molecule has 32 heavy (non-hydrogen) atoms. The van der Waals surface area contributed by atoms with Crippen LogP contribution in [0.2, 0.25) is 0 Å². The van der Waals surface area contributed by atoms with E-state index in [9.17, 15) is 14.4 Å². The monoisotopic (exact) mass is 429 g/mol. The number of anilines is 2. The lowest BCUT2D eigenvalue weighted by Crippen LogP contribution is -2.12. The molecule has 0 spiro atoms. The molecule has 0 fully saturated rings. The Kier molecular flexibility index (Phi) is 4.82. The van der Waals surface area contributed by atoms with Crippen LogP contribution in [-0.2, 0) is 17.6 Å². The van der Waals surface area contributed by atoms with E-state index < -0.39 is 5.97 Å². The molecule has 0 saturated carbocycles. The number of aromatic nitrogens is 1. The molecule has 8 heteroatoms. The number of carboxylic acids is 1. The molecule has 0 atom stereocenters.